The summed E-state index contributed by atoms with van der Waals surface area (Å²) in [5, 5.41) is 9.51. The fourth-order valence-corrected chi connectivity index (χ4v) is 3.53. The minimum absolute atomic E-state index is 0.214. The Labute approximate surface area is 175 Å². The van der Waals surface area contributed by atoms with Gasteiger partial charge in [0.2, 0.25) is 0 Å². The van der Waals surface area contributed by atoms with Gasteiger partial charge in [0.05, 0.1) is 19.3 Å². The lowest BCUT2D eigenvalue weighted by Crippen LogP contribution is -2.24. The first-order chi connectivity index (χ1) is 14.5. The van der Waals surface area contributed by atoms with E-state index in [0.29, 0.717) is 18.8 Å². The number of benzene rings is 2. The van der Waals surface area contributed by atoms with Gasteiger partial charge < -0.3 is 10.1 Å². The van der Waals surface area contributed by atoms with Crippen molar-refractivity contribution in [1.29, 1.82) is 0 Å². The first-order valence-electron chi connectivity index (χ1n) is 9.84. The number of methoxy groups -OCH3 is 1. The van der Waals surface area contributed by atoms with E-state index in [9.17, 15) is 4.79 Å². The maximum atomic E-state index is 12.7. The molecule has 6 heteroatoms. The summed E-state index contributed by atoms with van der Waals surface area (Å²) in [6.07, 6.45) is 1.71. The summed E-state index contributed by atoms with van der Waals surface area (Å²) in [6.45, 7) is 5.11. The zero-order valence-electron chi connectivity index (χ0n) is 17.3. The molecule has 0 unspecified atom stereocenters. The van der Waals surface area contributed by atoms with Gasteiger partial charge in [0, 0.05) is 29.4 Å². The predicted octanol–water partition coefficient (Wildman–Crippen LogP) is 4.04. The van der Waals surface area contributed by atoms with Crippen molar-refractivity contribution in [2.75, 3.05) is 7.11 Å². The van der Waals surface area contributed by atoms with Crippen molar-refractivity contribution in [1.82, 2.24) is 20.1 Å². The molecule has 4 rings (SSSR count). The number of fused-ring (bicyclic) bond motifs is 1. The Morgan fingerprint density at radius 1 is 1.07 bits per heavy atom. The summed E-state index contributed by atoms with van der Waals surface area (Å²) >= 11 is 0. The Bertz CT molecular complexity index is 1200. The van der Waals surface area contributed by atoms with Crippen molar-refractivity contribution in [3.8, 4) is 5.75 Å². The Balaban J connectivity index is 1.49. The molecule has 0 spiro atoms. The van der Waals surface area contributed by atoms with Crippen LogP contribution < -0.4 is 10.1 Å². The molecule has 2 aromatic carbocycles. The van der Waals surface area contributed by atoms with Crippen LogP contribution in [0.3, 0.4) is 0 Å². The Kier molecular flexibility index (Phi) is 5.48. The number of carbonyl (C=O) groups is 1. The van der Waals surface area contributed by atoms with Crippen LogP contribution in [0.15, 0.2) is 60.8 Å². The third-order valence-electron chi connectivity index (χ3n) is 5.29. The normalized spacial score (nSPS) is 10.9. The molecule has 0 aliphatic rings. The number of hydrogen-bond acceptors (Lipinski definition) is 4. The molecule has 0 radical (unpaired) electrons. The molecule has 2 aromatic heterocycles. The predicted molar refractivity (Wildman–Crippen MR) is 117 cm³/mol. The van der Waals surface area contributed by atoms with Crippen molar-refractivity contribution in [2.24, 2.45) is 0 Å². The van der Waals surface area contributed by atoms with E-state index in [1.54, 1.807) is 19.4 Å². The van der Waals surface area contributed by atoms with Gasteiger partial charge >= 0.3 is 0 Å². The third-order valence-corrected chi connectivity index (χ3v) is 5.29. The molecule has 4 aromatic rings. The molecule has 0 atom stereocenters. The molecule has 0 saturated heterocycles. The van der Waals surface area contributed by atoms with Crippen LogP contribution in [0.25, 0.3) is 10.8 Å². The Morgan fingerprint density at radius 2 is 1.87 bits per heavy atom. The minimum atomic E-state index is -0.214. The molecule has 0 saturated carbocycles. The monoisotopic (exact) mass is 400 g/mol. The fourth-order valence-electron chi connectivity index (χ4n) is 3.53. The lowest BCUT2D eigenvalue weighted by molar-refractivity contribution is 0.0946. The molecule has 0 fully saturated rings. The zero-order chi connectivity index (χ0) is 21.1. The third kappa shape index (κ3) is 4.03. The quantitative estimate of drug-likeness (QED) is 0.530. The summed E-state index contributed by atoms with van der Waals surface area (Å²) in [6, 6.07) is 17.7. The van der Waals surface area contributed by atoms with Crippen LogP contribution in [0, 0.1) is 13.8 Å². The van der Waals surface area contributed by atoms with E-state index in [2.05, 4.69) is 27.5 Å². The van der Waals surface area contributed by atoms with Gasteiger partial charge in [-0.05, 0) is 49.1 Å². The molecule has 1 N–H and O–H groups in total. The fraction of sp³-hybridized carbons (Fsp3) is 0.208. The molecule has 0 aliphatic heterocycles. The lowest BCUT2D eigenvalue weighted by atomic mass is 10.1. The summed E-state index contributed by atoms with van der Waals surface area (Å²) in [5.74, 6) is 0.534. The second-order valence-corrected chi connectivity index (χ2v) is 7.26. The van der Waals surface area contributed by atoms with E-state index in [1.165, 1.54) is 5.56 Å². The molecule has 152 valence electrons. The SMILES string of the molecule is COc1ccc2cnc(C(=O)NCc3c(C)nn(Cc4ccccc4)c3C)cc2c1. The number of ether oxygens (including phenoxy) is 1. The molecule has 0 aliphatic carbocycles. The zero-order valence-corrected chi connectivity index (χ0v) is 17.3. The van der Waals surface area contributed by atoms with Gasteiger partial charge in [-0.1, -0.05) is 30.3 Å². The van der Waals surface area contributed by atoms with E-state index in [-0.39, 0.29) is 5.91 Å². The van der Waals surface area contributed by atoms with Crippen molar-refractivity contribution >= 4 is 16.7 Å². The highest BCUT2D eigenvalue weighted by molar-refractivity contribution is 5.96. The van der Waals surface area contributed by atoms with E-state index in [1.807, 2.05) is 54.9 Å². The molecular formula is C24H24N4O2. The van der Waals surface area contributed by atoms with Crippen LogP contribution in [0.2, 0.25) is 0 Å². The van der Waals surface area contributed by atoms with Crippen LogP contribution in [-0.2, 0) is 13.1 Å². The maximum absolute atomic E-state index is 12.7. The molecule has 6 nitrogen and oxygen atoms in total. The second kappa shape index (κ2) is 8.37. The van der Waals surface area contributed by atoms with Crippen molar-refractivity contribution in [3.63, 3.8) is 0 Å². The molecular weight excluding hydrogens is 376 g/mol. The smallest absolute Gasteiger partial charge is 0.270 e. The molecule has 2 heterocycles. The van der Waals surface area contributed by atoms with Gasteiger partial charge in [-0.15, -0.1) is 0 Å². The van der Waals surface area contributed by atoms with Gasteiger partial charge in [0.25, 0.3) is 5.91 Å². The average Bonchev–Trinajstić information content (AvgIpc) is 3.04. The number of carbonyl (C=O) groups excluding carboxylic acids is 1. The van der Waals surface area contributed by atoms with E-state index >= 15 is 0 Å². The summed E-state index contributed by atoms with van der Waals surface area (Å²) in [5.41, 5.74) is 4.56. The van der Waals surface area contributed by atoms with Crippen molar-refractivity contribution in [3.05, 3.63) is 89.0 Å². The largest absolute Gasteiger partial charge is 0.497 e. The van der Waals surface area contributed by atoms with Gasteiger partial charge in [0.15, 0.2) is 0 Å². The topological polar surface area (TPSA) is 69.0 Å². The number of nitrogens with one attached hydrogen (secondary N) is 1. The Morgan fingerprint density at radius 3 is 2.63 bits per heavy atom. The van der Waals surface area contributed by atoms with Gasteiger partial charge in [0.1, 0.15) is 11.4 Å². The molecule has 30 heavy (non-hydrogen) atoms. The highest BCUT2D eigenvalue weighted by atomic mass is 16.5. The van der Waals surface area contributed by atoms with Crippen LogP contribution in [-0.4, -0.2) is 27.8 Å². The second-order valence-electron chi connectivity index (χ2n) is 7.26. The van der Waals surface area contributed by atoms with Crippen molar-refractivity contribution < 1.29 is 9.53 Å². The maximum Gasteiger partial charge on any atom is 0.270 e. The highest BCUT2D eigenvalue weighted by Crippen LogP contribution is 2.21. The number of amides is 1. The number of rotatable bonds is 6. The number of aromatic nitrogens is 3. The standard InChI is InChI=1S/C24H24N4O2/c1-16-22(17(2)28(27-16)15-18-7-5-4-6-8-18)14-26-24(29)23-12-20-11-21(30-3)10-9-19(20)13-25-23/h4-13H,14-15H2,1-3H3,(H,26,29). The van der Waals surface area contributed by atoms with Gasteiger partial charge in [-0.2, -0.15) is 5.10 Å². The Hall–Kier alpha value is -3.67. The van der Waals surface area contributed by atoms with E-state index in [0.717, 1.165) is 33.5 Å². The molecule has 0 bridgehead atoms. The average molecular weight is 400 g/mol. The van der Waals surface area contributed by atoms with Crippen LogP contribution >= 0.6 is 0 Å². The van der Waals surface area contributed by atoms with E-state index < -0.39 is 0 Å². The summed E-state index contributed by atoms with van der Waals surface area (Å²) in [4.78, 5) is 17.0. The van der Waals surface area contributed by atoms with Crippen LogP contribution in [0.1, 0.15) is 33.0 Å². The first kappa shape index (κ1) is 19.6. The van der Waals surface area contributed by atoms with E-state index in [4.69, 9.17) is 4.74 Å². The lowest BCUT2D eigenvalue weighted by Gasteiger charge is -2.08. The van der Waals surface area contributed by atoms with Crippen LogP contribution in [0.4, 0.5) is 0 Å². The van der Waals surface area contributed by atoms with Crippen LogP contribution in [0.5, 0.6) is 5.75 Å². The van der Waals surface area contributed by atoms with Crippen molar-refractivity contribution in [2.45, 2.75) is 26.9 Å². The summed E-state index contributed by atoms with van der Waals surface area (Å²) < 4.78 is 7.25. The number of pyridine rings is 1. The number of hydrogen-bond donors (Lipinski definition) is 1. The van der Waals surface area contributed by atoms with Gasteiger partial charge in [-0.25, -0.2) is 0 Å². The number of aryl methyl sites for hydroxylation is 1. The summed E-state index contributed by atoms with van der Waals surface area (Å²) in [7, 11) is 1.62. The minimum Gasteiger partial charge on any atom is -0.497 e. The molecule has 1 amide bonds. The first-order valence-corrected chi connectivity index (χ1v) is 9.84. The van der Waals surface area contributed by atoms with Gasteiger partial charge in [-0.3, -0.25) is 14.5 Å². The highest BCUT2D eigenvalue weighted by Gasteiger charge is 2.14. The number of nitrogens with zero attached hydrogens (tertiary/aromatic N) is 3.